The first-order valence-electron chi connectivity index (χ1n) is 11.3. The molecular weight excluding hydrogens is 478 g/mol. The van der Waals surface area contributed by atoms with E-state index >= 15 is 0 Å². The van der Waals surface area contributed by atoms with Gasteiger partial charge in [0.1, 0.15) is 11.4 Å². The first kappa shape index (κ1) is 29.0. The number of hydrogen-bond acceptors (Lipinski definition) is 9. The van der Waals surface area contributed by atoms with Gasteiger partial charge in [0, 0.05) is 6.08 Å². The van der Waals surface area contributed by atoms with Gasteiger partial charge in [0.2, 0.25) is 5.75 Å². The molecule has 0 saturated heterocycles. The number of carbonyl (C=O) groups is 2. The fraction of sp³-hybridized carbons (Fsp3) is 0.370. The average Bonchev–Trinajstić information content (AvgIpc) is 2.85. The Kier molecular flexibility index (Phi) is 9.52. The van der Waals surface area contributed by atoms with Gasteiger partial charge in [-0.05, 0) is 68.7 Å². The predicted octanol–water partition coefficient (Wildman–Crippen LogP) is 4.29. The quantitative estimate of drug-likeness (QED) is 0.515. The maximum Gasteiger partial charge on any atom is 0.421 e. The van der Waals surface area contributed by atoms with Gasteiger partial charge in [-0.25, -0.2) is 9.69 Å². The Balaban J connectivity index is 2.80. The predicted molar refractivity (Wildman–Crippen MR) is 139 cm³/mol. The van der Waals surface area contributed by atoms with Crippen molar-refractivity contribution in [3.63, 3.8) is 0 Å². The largest absolute Gasteiger partial charge is 0.495 e. The summed E-state index contributed by atoms with van der Waals surface area (Å²) in [6, 6.07) is 9.24. The summed E-state index contributed by atoms with van der Waals surface area (Å²) in [5.41, 5.74) is 6.61. The molecule has 0 aromatic heterocycles. The van der Waals surface area contributed by atoms with Gasteiger partial charge < -0.3 is 29.4 Å². The minimum absolute atomic E-state index is 0.104. The number of amides is 2. The van der Waals surface area contributed by atoms with Crippen LogP contribution in [0.2, 0.25) is 0 Å². The molecule has 1 atom stereocenters. The second-order valence-corrected chi connectivity index (χ2v) is 8.93. The van der Waals surface area contributed by atoms with Gasteiger partial charge in [0.15, 0.2) is 11.5 Å². The van der Waals surface area contributed by atoms with Crippen LogP contribution in [0, 0.1) is 11.3 Å². The topological polar surface area (TPSA) is 133 Å². The Morgan fingerprint density at radius 3 is 1.95 bits per heavy atom. The fourth-order valence-electron chi connectivity index (χ4n) is 3.48. The molecule has 10 nitrogen and oxygen atoms in total. The number of benzene rings is 2. The van der Waals surface area contributed by atoms with E-state index in [9.17, 15) is 14.9 Å². The molecule has 0 aliphatic heterocycles. The van der Waals surface area contributed by atoms with Gasteiger partial charge >= 0.3 is 6.09 Å². The Bertz CT molecular complexity index is 1200. The zero-order valence-electron chi connectivity index (χ0n) is 22.4. The molecule has 1 unspecified atom stereocenters. The minimum atomic E-state index is -1.01. The smallest absolute Gasteiger partial charge is 0.421 e. The molecule has 37 heavy (non-hydrogen) atoms. The van der Waals surface area contributed by atoms with Crippen molar-refractivity contribution in [2.24, 2.45) is 5.73 Å². The van der Waals surface area contributed by atoms with Gasteiger partial charge in [-0.2, -0.15) is 5.26 Å². The molecule has 0 saturated carbocycles. The molecule has 0 bridgehead atoms. The van der Waals surface area contributed by atoms with Gasteiger partial charge in [-0.1, -0.05) is 6.07 Å². The van der Waals surface area contributed by atoms with E-state index in [2.05, 4.69) is 0 Å². The number of rotatable bonds is 8. The SMILES string of the molecule is COc1ccc(C(=CC#N)c2cc(OC)c(OC)c(OC)c2)cc1N(C(=O)OC(C)(C)C)C(=O)C(C)N. The van der Waals surface area contributed by atoms with Gasteiger partial charge in [-0.3, -0.25) is 4.79 Å². The normalized spacial score (nSPS) is 12.2. The molecule has 2 aromatic carbocycles. The minimum Gasteiger partial charge on any atom is -0.495 e. The van der Waals surface area contributed by atoms with Gasteiger partial charge in [0.05, 0.1) is 46.2 Å². The second kappa shape index (κ2) is 12.1. The monoisotopic (exact) mass is 511 g/mol. The molecule has 198 valence electrons. The number of allylic oxidation sites excluding steroid dienone is 1. The number of ether oxygens (including phenoxy) is 5. The van der Waals surface area contributed by atoms with E-state index in [0.29, 0.717) is 33.9 Å². The van der Waals surface area contributed by atoms with Gasteiger partial charge in [-0.15, -0.1) is 0 Å². The van der Waals surface area contributed by atoms with Crippen molar-refractivity contribution in [3.05, 3.63) is 47.5 Å². The molecular formula is C27H33N3O7. The fourth-order valence-corrected chi connectivity index (χ4v) is 3.48. The second-order valence-electron chi connectivity index (χ2n) is 8.93. The molecule has 2 rings (SSSR count). The number of methoxy groups -OCH3 is 4. The summed E-state index contributed by atoms with van der Waals surface area (Å²) >= 11 is 0. The molecule has 0 fully saturated rings. The lowest BCUT2D eigenvalue weighted by Gasteiger charge is -2.28. The lowest BCUT2D eigenvalue weighted by atomic mass is 9.96. The lowest BCUT2D eigenvalue weighted by Crippen LogP contribution is -2.47. The molecule has 0 aliphatic carbocycles. The van der Waals surface area contributed by atoms with Crippen molar-refractivity contribution < 1.29 is 33.3 Å². The third-order valence-corrected chi connectivity index (χ3v) is 5.10. The number of nitriles is 1. The Hall–Kier alpha value is -4.23. The molecule has 2 N–H and O–H groups in total. The van der Waals surface area contributed by atoms with E-state index in [1.54, 1.807) is 51.1 Å². The summed E-state index contributed by atoms with van der Waals surface area (Å²) in [5.74, 6) is 0.695. The first-order chi connectivity index (χ1) is 17.4. The molecule has 2 amide bonds. The highest BCUT2D eigenvalue weighted by Gasteiger charge is 2.33. The van der Waals surface area contributed by atoms with Crippen LogP contribution in [-0.2, 0) is 9.53 Å². The van der Waals surface area contributed by atoms with E-state index < -0.39 is 23.6 Å². The summed E-state index contributed by atoms with van der Waals surface area (Å²) < 4.78 is 27.2. The van der Waals surface area contributed by atoms with E-state index in [1.807, 2.05) is 6.07 Å². The van der Waals surface area contributed by atoms with E-state index in [0.717, 1.165) is 4.90 Å². The summed E-state index contributed by atoms with van der Waals surface area (Å²) in [6.07, 6.45) is 0.418. The maximum atomic E-state index is 13.1. The van der Waals surface area contributed by atoms with Crippen molar-refractivity contribution in [2.75, 3.05) is 33.3 Å². The molecule has 10 heteroatoms. The summed E-state index contributed by atoms with van der Waals surface area (Å²) in [5, 5.41) is 9.58. The average molecular weight is 512 g/mol. The van der Waals surface area contributed by atoms with Crippen LogP contribution >= 0.6 is 0 Å². The van der Waals surface area contributed by atoms with Crippen molar-refractivity contribution >= 4 is 23.3 Å². The van der Waals surface area contributed by atoms with Crippen LogP contribution in [0.5, 0.6) is 23.0 Å². The number of anilines is 1. The molecule has 0 spiro atoms. The van der Waals surface area contributed by atoms with E-state index in [-0.39, 0.29) is 11.4 Å². The molecule has 0 heterocycles. The number of nitrogens with two attached hydrogens (primary N) is 1. The summed E-state index contributed by atoms with van der Waals surface area (Å²) in [7, 11) is 5.87. The summed E-state index contributed by atoms with van der Waals surface area (Å²) in [4.78, 5) is 27.1. The van der Waals surface area contributed by atoms with Crippen LogP contribution in [-0.4, -0.2) is 52.1 Å². The van der Waals surface area contributed by atoms with Crippen molar-refractivity contribution in [2.45, 2.75) is 39.3 Å². The molecule has 0 aliphatic rings. The van der Waals surface area contributed by atoms with Crippen LogP contribution in [0.1, 0.15) is 38.8 Å². The molecule has 2 aromatic rings. The zero-order chi connectivity index (χ0) is 27.9. The lowest BCUT2D eigenvalue weighted by molar-refractivity contribution is -0.119. The highest BCUT2D eigenvalue weighted by molar-refractivity contribution is 6.15. The van der Waals surface area contributed by atoms with Crippen LogP contribution in [0.15, 0.2) is 36.4 Å². The number of imide groups is 1. The van der Waals surface area contributed by atoms with Crippen molar-refractivity contribution in [1.29, 1.82) is 5.26 Å². The third-order valence-electron chi connectivity index (χ3n) is 5.10. The van der Waals surface area contributed by atoms with Crippen LogP contribution < -0.4 is 29.6 Å². The Morgan fingerprint density at radius 2 is 1.51 bits per heavy atom. The zero-order valence-corrected chi connectivity index (χ0v) is 22.4. The highest BCUT2D eigenvalue weighted by Crippen LogP contribution is 2.42. The van der Waals surface area contributed by atoms with Crippen LogP contribution in [0.25, 0.3) is 5.57 Å². The van der Waals surface area contributed by atoms with Crippen LogP contribution in [0.3, 0.4) is 0 Å². The first-order valence-corrected chi connectivity index (χ1v) is 11.3. The number of hydrogen-bond donors (Lipinski definition) is 1. The standard InChI is InChI=1S/C27H33N3O7/c1-16(29)25(31)30(26(32)37-27(2,3)4)20-13-17(9-10-21(20)33-5)19(11-12-28)18-14-22(34-6)24(36-8)23(15-18)35-7/h9-11,13-16H,29H2,1-8H3. The summed E-state index contributed by atoms with van der Waals surface area (Å²) in [6.45, 7) is 6.52. The number of nitrogens with zero attached hydrogens (tertiary/aromatic N) is 2. The van der Waals surface area contributed by atoms with Crippen molar-refractivity contribution in [3.8, 4) is 29.1 Å². The Labute approximate surface area is 217 Å². The third kappa shape index (κ3) is 6.71. The van der Waals surface area contributed by atoms with Crippen molar-refractivity contribution in [1.82, 2.24) is 0 Å². The highest BCUT2D eigenvalue weighted by atomic mass is 16.6. The molecule has 0 radical (unpaired) electrons. The maximum absolute atomic E-state index is 13.1. The van der Waals surface area contributed by atoms with E-state index in [4.69, 9.17) is 29.4 Å². The number of carbonyl (C=O) groups excluding carboxylic acids is 2. The van der Waals surface area contributed by atoms with Gasteiger partial charge in [0.25, 0.3) is 5.91 Å². The van der Waals surface area contributed by atoms with E-state index in [1.165, 1.54) is 41.4 Å². The van der Waals surface area contributed by atoms with Crippen LogP contribution in [0.4, 0.5) is 10.5 Å². The Morgan fingerprint density at radius 1 is 0.946 bits per heavy atom.